The van der Waals surface area contributed by atoms with Crippen LogP contribution in [0, 0.1) is 12.8 Å². The van der Waals surface area contributed by atoms with Crippen LogP contribution in [0.5, 0.6) is 0 Å². The third-order valence-electron chi connectivity index (χ3n) is 6.55. The second-order valence-corrected chi connectivity index (χ2v) is 10.8. The van der Waals surface area contributed by atoms with E-state index in [0.717, 1.165) is 43.0 Å². The van der Waals surface area contributed by atoms with Gasteiger partial charge in [0.1, 0.15) is 0 Å². The zero-order valence-electron chi connectivity index (χ0n) is 23.3. The van der Waals surface area contributed by atoms with Crippen LogP contribution in [0.2, 0.25) is 0 Å². The Labute approximate surface area is 225 Å². The summed E-state index contributed by atoms with van der Waals surface area (Å²) in [6.45, 7) is 13.3. The van der Waals surface area contributed by atoms with Gasteiger partial charge >= 0.3 is 0 Å². The average Bonchev–Trinajstić information content (AvgIpc) is 3.38. The minimum absolute atomic E-state index is 0.168. The molecule has 0 bridgehead atoms. The summed E-state index contributed by atoms with van der Waals surface area (Å²) in [5.41, 5.74) is 4.26. The Hall–Kier alpha value is -3.72. The molecule has 3 aromatic rings. The lowest BCUT2D eigenvalue weighted by Gasteiger charge is -2.21. The van der Waals surface area contributed by atoms with Gasteiger partial charge in [0.15, 0.2) is 0 Å². The molecule has 0 spiro atoms. The molecular weight excluding hydrogens is 476 g/mol. The maximum atomic E-state index is 13.1. The summed E-state index contributed by atoms with van der Waals surface area (Å²) < 4.78 is 0. The maximum Gasteiger partial charge on any atom is 0.255 e. The van der Waals surface area contributed by atoms with E-state index in [1.54, 1.807) is 0 Å². The number of carbonyl (C=O) groups is 1. The second-order valence-electron chi connectivity index (χ2n) is 10.8. The highest BCUT2D eigenvalue weighted by atomic mass is 16.1. The van der Waals surface area contributed by atoms with Crippen molar-refractivity contribution < 1.29 is 4.79 Å². The summed E-state index contributed by atoms with van der Waals surface area (Å²) >= 11 is 0. The zero-order chi connectivity index (χ0) is 27.2. The summed E-state index contributed by atoms with van der Waals surface area (Å²) in [6, 6.07) is 13.8. The van der Waals surface area contributed by atoms with E-state index in [-0.39, 0.29) is 11.9 Å². The van der Waals surface area contributed by atoms with Gasteiger partial charge in [0, 0.05) is 43.1 Å². The fourth-order valence-corrected chi connectivity index (χ4v) is 4.44. The first kappa shape index (κ1) is 27.3. The number of hydrogen-bond donors (Lipinski definition) is 4. The van der Waals surface area contributed by atoms with Crippen molar-refractivity contribution in [2.45, 2.75) is 53.0 Å². The van der Waals surface area contributed by atoms with Crippen LogP contribution in [-0.4, -0.2) is 53.6 Å². The van der Waals surface area contributed by atoms with E-state index in [4.69, 9.17) is 4.98 Å². The minimum atomic E-state index is -0.168. The van der Waals surface area contributed by atoms with Crippen molar-refractivity contribution in [3.8, 4) is 0 Å². The molecule has 1 aromatic heterocycles. The van der Waals surface area contributed by atoms with Gasteiger partial charge in [-0.1, -0.05) is 45.9 Å². The van der Waals surface area contributed by atoms with E-state index in [9.17, 15) is 4.79 Å². The van der Waals surface area contributed by atoms with Gasteiger partial charge in [-0.25, -0.2) is 0 Å². The normalized spacial score (nSPS) is 15.1. The second kappa shape index (κ2) is 12.2. The van der Waals surface area contributed by atoms with Crippen LogP contribution < -0.4 is 26.2 Å². The number of carbonyl (C=O) groups excluding carboxylic acids is 1. The highest BCUT2D eigenvalue weighted by Crippen LogP contribution is 2.24. The molecule has 1 amide bonds. The van der Waals surface area contributed by atoms with Crippen LogP contribution in [0.25, 0.3) is 0 Å². The van der Waals surface area contributed by atoms with Crippen LogP contribution in [0.4, 0.5) is 29.2 Å². The number of amides is 1. The number of nitrogens with one attached hydrogen (secondary N) is 4. The molecule has 38 heavy (non-hydrogen) atoms. The van der Waals surface area contributed by atoms with Crippen molar-refractivity contribution in [3.05, 3.63) is 59.2 Å². The fourth-order valence-electron chi connectivity index (χ4n) is 4.44. The van der Waals surface area contributed by atoms with Crippen molar-refractivity contribution >= 4 is 35.1 Å². The van der Waals surface area contributed by atoms with Gasteiger partial charge in [0.2, 0.25) is 17.8 Å². The topological polar surface area (TPSA) is 107 Å². The molecular formula is C29H40N8O. The predicted octanol–water partition coefficient (Wildman–Crippen LogP) is 5.17. The number of anilines is 5. The summed E-state index contributed by atoms with van der Waals surface area (Å²) in [5, 5.41) is 13.2. The van der Waals surface area contributed by atoms with E-state index < -0.39 is 0 Å². The SMILES string of the molecule is Cc1ccc(C(=O)Nc2cccc(C(C)C)c2)cc1Nc1nc(N[C@@H]2CCNC2)nc(N(C)CC(C)C)n1. The minimum Gasteiger partial charge on any atom is -0.350 e. The number of rotatable bonds is 10. The molecule has 9 nitrogen and oxygen atoms in total. The molecule has 0 radical (unpaired) electrons. The Bertz CT molecular complexity index is 1250. The molecule has 1 fully saturated rings. The van der Waals surface area contributed by atoms with Crippen LogP contribution in [-0.2, 0) is 0 Å². The number of nitrogens with zero attached hydrogens (tertiary/aromatic N) is 4. The Morgan fingerprint density at radius 1 is 1.08 bits per heavy atom. The molecule has 1 atom stereocenters. The first-order valence-electron chi connectivity index (χ1n) is 13.4. The number of aromatic nitrogens is 3. The molecule has 4 rings (SSSR count). The molecule has 2 aromatic carbocycles. The maximum absolute atomic E-state index is 13.1. The fraction of sp³-hybridized carbons (Fsp3) is 0.448. The molecule has 202 valence electrons. The van der Waals surface area contributed by atoms with Crippen molar-refractivity contribution in [2.75, 3.05) is 47.5 Å². The lowest BCUT2D eigenvalue weighted by molar-refractivity contribution is 0.102. The first-order valence-corrected chi connectivity index (χ1v) is 13.4. The van der Waals surface area contributed by atoms with Gasteiger partial charge in [-0.2, -0.15) is 15.0 Å². The number of hydrogen-bond acceptors (Lipinski definition) is 8. The Kier molecular flexibility index (Phi) is 8.78. The summed E-state index contributed by atoms with van der Waals surface area (Å²) in [4.78, 5) is 29.2. The Balaban J connectivity index is 1.57. The third kappa shape index (κ3) is 7.19. The van der Waals surface area contributed by atoms with Gasteiger partial charge in [0.05, 0.1) is 0 Å². The van der Waals surface area contributed by atoms with E-state index in [2.05, 4.69) is 65.0 Å². The molecule has 1 saturated heterocycles. The predicted molar refractivity (Wildman–Crippen MR) is 156 cm³/mol. The Morgan fingerprint density at radius 2 is 1.87 bits per heavy atom. The quantitative estimate of drug-likeness (QED) is 0.293. The van der Waals surface area contributed by atoms with E-state index in [0.29, 0.717) is 35.2 Å². The molecule has 2 heterocycles. The van der Waals surface area contributed by atoms with Crippen LogP contribution in [0.3, 0.4) is 0 Å². The molecule has 0 unspecified atom stereocenters. The van der Waals surface area contributed by atoms with Gasteiger partial charge in [-0.3, -0.25) is 4.79 Å². The van der Waals surface area contributed by atoms with E-state index in [1.807, 2.05) is 55.3 Å². The lowest BCUT2D eigenvalue weighted by Crippen LogP contribution is -2.27. The largest absolute Gasteiger partial charge is 0.350 e. The van der Waals surface area contributed by atoms with Gasteiger partial charge in [-0.05, 0) is 67.1 Å². The van der Waals surface area contributed by atoms with Gasteiger partial charge in [0.25, 0.3) is 5.91 Å². The molecule has 9 heteroatoms. The molecule has 4 N–H and O–H groups in total. The summed E-state index contributed by atoms with van der Waals surface area (Å²) in [6.07, 6.45) is 1.02. The average molecular weight is 517 g/mol. The van der Waals surface area contributed by atoms with Crippen LogP contribution in [0.15, 0.2) is 42.5 Å². The third-order valence-corrected chi connectivity index (χ3v) is 6.55. The van der Waals surface area contributed by atoms with Crippen LogP contribution in [0.1, 0.15) is 61.5 Å². The monoisotopic (exact) mass is 516 g/mol. The van der Waals surface area contributed by atoms with E-state index >= 15 is 0 Å². The highest BCUT2D eigenvalue weighted by molar-refractivity contribution is 6.05. The molecule has 0 saturated carbocycles. The lowest BCUT2D eigenvalue weighted by atomic mass is 10.0. The Morgan fingerprint density at radius 3 is 2.58 bits per heavy atom. The summed E-state index contributed by atoms with van der Waals surface area (Å²) in [5.74, 6) is 2.25. The van der Waals surface area contributed by atoms with Crippen molar-refractivity contribution in [2.24, 2.45) is 5.92 Å². The van der Waals surface area contributed by atoms with E-state index in [1.165, 1.54) is 5.56 Å². The summed E-state index contributed by atoms with van der Waals surface area (Å²) in [7, 11) is 1.99. The number of aryl methyl sites for hydroxylation is 1. The highest BCUT2D eigenvalue weighted by Gasteiger charge is 2.18. The smallest absolute Gasteiger partial charge is 0.255 e. The zero-order valence-corrected chi connectivity index (χ0v) is 23.3. The van der Waals surface area contributed by atoms with Crippen molar-refractivity contribution in [1.82, 2.24) is 20.3 Å². The van der Waals surface area contributed by atoms with Crippen molar-refractivity contribution in [3.63, 3.8) is 0 Å². The molecule has 0 aliphatic carbocycles. The standard InChI is InChI=1S/C29H40N8O/c1-18(2)17-37(6)29-35-27(32-24-12-13-30-16-24)34-28(36-29)33-25-15-22(11-10-20(25)5)26(38)31-23-9-7-8-21(14-23)19(3)4/h7-11,14-15,18-19,24,30H,12-13,16-17H2,1-6H3,(H,31,38)(H2,32,33,34,35,36)/t24-/m1/s1. The number of benzene rings is 2. The van der Waals surface area contributed by atoms with Crippen LogP contribution >= 0.6 is 0 Å². The van der Waals surface area contributed by atoms with Crippen molar-refractivity contribution in [1.29, 1.82) is 0 Å². The van der Waals surface area contributed by atoms with Gasteiger partial charge in [-0.15, -0.1) is 0 Å². The first-order chi connectivity index (χ1) is 18.2. The molecule has 1 aliphatic rings. The van der Waals surface area contributed by atoms with Gasteiger partial charge < -0.3 is 26.2 Å². The molecule has 1 aliphatic heterocycles.